The molecule has 4 rings (SSSR count). The van der Waals surface area contributed by atoms with Crippen LogP contribution in [-0.2, 0) is 27.2 Å². The van der Waals surface area contributed by atoms with Crippen LogP contribution in [0.3, 0.4) is 0 Å². The van der Waals surface area contributed by atoms with Gasteiger partial charge in [-0.2, -0.15) is 12.6 Å². The lowest BCUT2D eigenvalue weighted by Gasteiger charge is -2.17. The average Bonchev–Trinajstić information content (AvgIpc) is 3.62. The minimum Gasteiger partial charge on any atom is -0.508 e. The number of nitrogens with one attached hydrogen (secondary N) is 4. The molecule has 8 N–H and O–H groups in total. The maximum atomic E-state index is 12.5. The van der Waals surface area contributed by atoms with Gasteiger partial charge < -0.3 is 41.0 Å². The average molecular weight is 639 g/mol. The minimum atomic E-state index is -0.972. The number of carbonyl (C=O) groups excluding carboxylic acids is 1. The summed E-state index contributed by atoms with van der Waals surface area (Å²) in [4.78, 5) is 42.3. The third-order valence-corrected chi connectivity index (χ3v) is 9.38. The zero-order valence-electron chi connectivity index (χ0n) is 26.1. The molecule has 0 aromatic carbocycles. The first-order valence-corrected chi connectivity index (χ1v) is 15.5. The summed E-state index contributed by atoms with van der Waals surface area (Å²) in [6.45, 7) is 13.1. The fraction of sp³-hybridized carbons (Fsp3) is 0.424. The van der Waals surface area contributed by atoms with Crippen molar-refractivity contribution in [2.75, 3.05) is 0 Å². The van der Waals surface area contributed by atoms with E-state index in [2.05, 4.69) is 39.8 Å². The smallest absolute Gasteiger partial charge is 0.303 e. The Kier molecular flexibility index (Phi) is 9.96. The lowest BCUT2D eigenvalue weighted by molar-refractivity contribution is -0.138. The van der Waals surface area contributed by atoms with Crippen LogP contribution in [-0.4, -0.2) is 59.5 Å². The van der Waals surface area contributed by atoms with Gasteiger partial charge in [0.15, 0.2) is 5.88 Å². The highest BCUT2D eigenvalue weighted by atomic mass is 32.1. The molecule has 12 heteroatoms. The predicted molar refractivity (Wildman–Crippen MR) is 175 cm³/mol. The molecule has 2 aliphatic heterocycles. The second kappa shape index (κ2) is 13.4. The molecule has 1 saturated heterocycles. The lowest BCUT2D eigenvalue weighted by atomic mass is 9.91. The van der Waals surface area contributed by atoms with Gasteiger partial charge in [-0.3, -0.25) is 14.4 Å². The fourth-order valence-electron chi connectivity index (χ4n) is 6.47. The van der Waals surface area contributed by atoms with Gasteiger partial charge in [-0.1, -0.05) is 33.4 Å². The van der Waals surface area contributed by atoms with Gasteiger partial charge in [0.2, 0.25) is 5.91 Å². The summed E-state index contributed by atoms with van der Waals surface area (Å²) in [6, 6.07) is -0.640. The standard InChI is InChI=1S/C33H42N4O7S/c1-7-19-15(3)30(37-33(19)44)31(42)29-16(4)21(9-11-27(40)41)24(35-29)13-23-20(8-10-26(38)39)14(2)22(34-23)12-25-28(18(6)45)17(5)32(43)36-25/h7,12-13,15,17-18,28,30,34-35,37,42,44-45H,1,8-11H2,2-6H3,(H,36,43)(H,38,39)(H,40,41)/b24-13-,25-12-,31-29-/t15?,17-,18-,28+,30+/m1/s1. The Morgan fingerprint density at radius 2 is 1.58 bits per heavy atom. The quantitative estimate of drug-likeness (QED) is 0.168. The molecule has 0 saturated carbocycles. The van der Waals surface area contributed by atoms with Crippen molar-refractivity contribution in [1.82, 2.24) is 20.6 Å². The zero-order valence-corrected chi connectivity index (χ0v) is 27.0. The van der Waals surface area contributed by atoms with Crippen molar-refractivity contribution in [3.05, 3.63) is 74.1 Å². The Morgan fingerprint density at radius 1 is 0.956 bits per heavy atom. The Balaban J connectivity index is 1.91. The molecule has 2 aromatic heterocycles. The maximum absolute atomic E-state index is 12.5. The van der Waals surface area contributed by atoms with E-state index in [-0.39, 0.29) is 66.2 Å². The number of hydrogen-bond donors (Lipinski definition) is 9. The number of carboxylic acid groups (broad SMARTS) is 2. The fourth-order valence-corrected chi connectivity index (χ4v) is 6.89. The van der Waals surface area contributed by atoms with Crippen molar-refractivity contribution in [3.8, 4) is 0 Å². The van der Waals surface area contributed by atoms with Gasteiger partial charge in [0.1, 0.15) is 5.76 Å². The number of aliphatic carboxylic acids is 2. The monoisotopic (exact) mass is 638 g/mol. The molecule has 45 heavy (non-hydrogen) atoms. The number of amides is 1. The van der Waals surface area contributed by atoms with E-state index in [9.17, 15) is 34.8 Å². The Bertz CT molecular complexity index is 1730. The number of carboxylic acids is 2. The molecule has 4 heterocycles. The summed E-state index contributed by atoms with van der Waals surface area (Å²) in [5.74, 6) is -2.79. The number of hydrogen-bond acceptors (Lipinski definition) is 7. The van der Waals surface area contributed by atoms with Gasteiger partial charge in [0.25, 0.3) is 0 Å². The molecule has 0 spiro atoms. The van der Waals surface area contributed by atoms with E-state index in [0.29, 0.717) is 38.8 Å². The molecular weight excluding hydrogens is 596 g/mol. The van der Waals surface area contributed by atoms with Crippen molar-refractivity contribution in [3.63, 3.8) is 0 Å². The zero-order chi connectivity index (χ0) is 33.3. The van der Waals surface area contributed by atoms with Crippen LogP contribution in [0.5, 0.6) is 0 Å². The van der Waals surface area contributed by atoms with Gasteiger partial charge >= 0.3 is 11.9 Å². The molecule has 2 aromatic rings. The minimum absolute atomic E-state index is 0.0446. The first kappa shape index (κ1) is 33.6. The Morgan fingerprint density at radius 3 is 2.13 bits per heavy atom. The van der Waals surface area contributed by atoms with Gasteiger partial charge in [-0.15, -0.1) is 0 Å². The van der Waals surface area contributed by atoms with Crippen molar-refractivity contribution in [1.29, 1.82) is 0 Å². The Labute approximate surface area is 266 Å². The van der Waals surface area contributed by atoms with Crippen LogP contribution in [0, 0.1) is 31.6 Å². The summed E-state index contributed by atoms with van der Waals surface area (Å²) < 4.78 is 0. The number of rotatable bonds is 11. The highest BCUT2D eigenvalue weighted by molar-refractivity contribution is 7.80. The number of thiol groups is 1. The topological polar surface area (TPSA) is 188 Å². The number of allylic oxidation sites excluding steroid dienone is 2. The summed E-state index contributed by atoms with van der Waals surface area (Å²) >= 11 is 4.61. The van der Waals surface area contributed by atoms with Crippen LogP contribution < -0.4 is 21.3 Å². The number of aliphatic hydroxyl groups is 2. The van der Waals surface area contributed by atoms with Crippen molar-refractivity contribution in [2.24, 2.45) is 17.8 Å². The van der Waals surface area contributed by atoms with Crippen LogP contribution >= 0.6 is 12.6 Å². The summed E-state index contributed by atoms with van der Waals surface area (Å²) in [7, 11) is 0. The largest absolute Gasteiger partial charge is 0.508 e. The molecule has 0 radical (unpaired) electrons. The lowest BCUT2D eigenvalue weighted by Crippen LogP contribution is -2.34. The molecule has 11 nitrogen and oxygen atoms in total. The highest BCUT2D eigenvalue weighted by Gasteiger charge is 2.38. The van der Waals surface area contributed by atoms with E-state index < -0.39 is 18.0 Å². The third kappa shape index (κ3) is 6.70. The summed E-state index contributed by atoms with van der Waals surface area (Å²) in [6.07, 6.45) is 5.37. The number of aromatic amines is 2. The van der Waals surface area contributed by atoms with Crippen LogP contribution in [0.4, 0.5) is 0 Å². The van der Waals surface area contributed by atoms with Crippen LogP contribution in [0.1, 0.15) is 67.3 Å². The van der Waals surface area contributed by atoms with E-state index in [4.69, 9.17) is 0 Å². The van der Waals surface area contributed by atoms with Crippen LogP contribution in [0.2, 0.25) is 0 Å². The van der Waals surface area contributed by atoms with Gasteiger partial charge in [-0.05, 0) is 61.1 Å². The third-order valence-electron chi connectivity index (χ3n) is 9.06. The van der Waals surface area contributed by atoms with Crippen LogP contribution in [0.15, 0.2) is 29.8 Å². The Hall–Kier alpha value is -4.32. The van der Waals surface area contributed by atoms with Gasteiger partial charge in [-0.25, -0.2) is 0 Å². The molecular formula is C33H42N4O7S. The molecule has 1 fully saturated rings. The molecule has 5 atom stereocenters. The van der Waals surface area contributed by atoms with E-state index in [1.807, 2.05) is 33.8 Å². The second-order valence-electron chi connectivity index (χ2n) is 12.0. The number of H-pyrrole nitrogens is 2. The summed E-state index contributed by atoms with van der Waals surface area (Å²) in [5.41, 5.74) is 5.55. The van der Waals surface area contributed by atoms with E-state index in [1.54, 1.807) is 13.0 Å². The molecule has 0 bridgehead atoms. The van der Waals surface area contributed by atoms with Crippen molar-refractivity contribution in [2.45, 2.75) is 71.6 Å². The maximum Gasteiger partial charge on any atom is 0.303 e. The number of carbonyl (C=O) groups is 3. The molecule has 2 aliphatic rings. The van der Waals surface area contributed by atoms with Gasteiger partial charge in [0.05, 0.1) is 11.4 Å². The first-order chi connectivity index (χ1) is 21.2. The number of aliphatic hydroxyl groups excluding tert-OH is 2. The highest BCUT2D eigenvalue weighted by Crippen LogP contribution is 2.34. The first-order valence-electron chi connectivity index (χ1n) is 15.0. The van der Waals surface area contributed by atoms with E-state index in [1.165, 1.54) is 6.08 Å². The molecule has 0 aliphatic carbocycles. The number of aromatic nitrogens is 2. The van der Waals surface area contributed by atoms with Crippen molar-refractivity contribution < 1.29 is 34.8 Å². The molecule has 1 unspecified atom stereocenters. The molecule has 1 amide bonds. The van der Waals surface area contributed by atoms with Crippen molar-refractivity contribution >= 4 is 48.4 Å². The second-order valence-corrected chi connectivity index (χ2v) is 12.8. The van der Waals surface area contributed by atoms with E-state index in [0.717, 1.165) is 16.8 Å². The predicted octanol–water partition coefficient (Wildman–Crippen LogP) is 3.09. The van der Waals surface area contributed by atoms with E-state index >= 15 is 0 Å². The summed E-state index contributed by atoms with van der Waals surface area (Å²) in [5, 5.41) is 47.4. The van der Waals surface area contributed by atoms with Gasteiger partial charge in [0, 0.05) is 63.9 Å². The molecule has 242 valence electrons. The normalized spacial score (nSPS) is 24.2. The van der Waals surface area contributed by atoms with Crippen LogP contribution in [0.25, 0.3) is 17.9 Å². The SMILES string of the molecule is C=CC1=C(O)N[C@H](/C(O)=c2/[nH]/c(=C\c3[nH]c(/C=C4\NC(=O)[C@H](C)[C@H]4[C@@H](C)S)c(C)c3CCC(=O)O)c(CCC(=O)O)c2C)C1C.